The van der Waals surface area contributed by atoms with Crippen molar-refractivity contribution < 1.29 is 30.8 Å². The van der Waals surface area contributed by atoms with Gasteiger partial charge in [0.2, 0.25) is 11.9 Å². The SMILES string of the molecule is Cc1noc(C)c1S(=O)(=O)Nc1nc2ccccc2nc1OC(c1cncn1C)C(F)(F)F. The molecule has 4 rings (SSSR count). The highest BCUT2D eigenvalue weighted by atomic mass is 32.2. The Morgan fingerprint density at radius 1 is 1.15 bits per heavy atom. The van der Waals surface area contributed by atoms with Crippen LogP contribution in [0.2, 0.25) is 0 Å². The minimum Gasteiger partial charge on any atom is -0.455 e. The lowest BCUT2D eigenvalue weighted by atomic mass is 10.2. The highest BCUT2D eigenvalue weighted by molar-refractivity contribution is 7.92. The van der Waals surface area contributed by atoms with E-state index in [0.717, 1.165) is 10.8 Å². The van der Waals surface area contributed by atoms with Crippen LogP contribution in [0.3, 0.4) is 0 Å². The van der Waals surface area contributed by atoms with E-state index in [0.29, 0.717) is 0 Å². The van der Waals surface area contributed by atoms with Crippen molar-refractivity contribution in [3.8, 4) is 5.88 Å². The van der Waals surface area contributed by atoms with E-state index in [1.807, 2.05) is 0 Å². The number of anilines is 1. The van der Waals surface area contributed by atoms with Gasteiger partial charge in [-0.1, -0.05) is 17.3 Å². The number of hydrogen-bond acceptors (Lipinski definition) is 8. The Labute approximate surface area is 185 Å². The molecule has 4 aromatic rings. The number of aromatic nitrogens is 5. The van der Waals surface area contributed by atoms with Crippen LogP contribution in [0.15, 0.2) is 46.2 Å². The van der Waals surface area contributed by atoms with Gasteiger partial charge in [0.05, 0.1) is 29.3 Å². The number of imidazole rings is 1. The Hall–Kier alpha value is -3.68. The molecular formula is C19H17F3N6O4S. The molecule has 1 N–H and O–H groups in total. The van der Waals surface area contributed by atoms with Crippen molar-refractivity contribution in [2.24, 2.45) is 7.05 Å². The predicted octanol–water partition coefficient (Wildman–Crippen LogP) is 3.45. The summed E-state index contributed by atoms with van der Waals surface area (Å²) < 4.78 is 81.1. The molecule has 0 aliphatic carbocycles. The summed E-state index contributed by atoms with van der Waals surface area (Å²) in [7, 11) is -2.97. The molecule has 1 unspecified atom stereocenters. The molecule has 33 heavy (non-hydrogen) atoms. The van der Waals surface area contributed by atoms with Gasteiger partial charge in [-0.15, -0.1) is 0 Å². The van der Waals surface area contributed by atoms with Gasteiger partial charge in [0.15, 0.2) is 10.7 Å². The number of benzene rings is 1. The van der Waals surface area contributed by atoms with Crippen molar-refractivity contribution in [1.29, 1.82) is 0 Å². The number of ether oxygens (including phenoxy) is 1. The minimum absolute atomic E-state index is 0.000676. The molecule has 0 amide bonds. The van der Waals surface area contributed by atoms with Crippen LogP contribution in [0.25, 0.3) is 11.0 Å². The van der Waals surface area contributed by atoms with E-state index in [9.17, 15) is 21.6 Å². The third kappa shape index (κ3) is 4.33. The van der Waals surface area contributed by atoms with Crippen LogP contribution in [-0.2, 0) is 17.1 Å². The number of nitrogens with one attached hydrogen (secondary N) is 1. The molecule has 1 aromatic carbocycles. The zero-order valence-corrected chi connectivity index (χ0v) is 18.3. The molecule has 0 aliphatic rings. The summed E-state index contributed by atoms with van der Waals surface area (Å²) in [6.45, 7) is 2.80. The van der Waals surface area contributed by atoms with Gasteiger partial charge in [0.1, 0.15) is 5.69 Å². The van der Waals surface area contributed by atoms with Crippen molar-refractivity contribution in [2.45, 2.75) is 31.0 Å². The van der Waals surface area contributed by atoms with E-state index in [4.69, 9.17) is 9.26 Å². The van der Waals surface area contributed by atoms with E-state index in [-0.39, 0.29) is 33.1 Å². The quantitative estimate of drug-likeness (QED) is 0.443. The molecule has 14 heteroatoms. The predicted molar refractivity (Wildman–Crippen MR) is 109 cm³/mol. The maximum atomic E-state index is 13.9. The molecule has 0 radical (unpaired) electrons. The van der Waals surface area contributed by atoms with E-state index in [1.165, 1.54) is 39.4 Å². The van der Waals surface area contributed by atoms with Crippen LogP contribution in [0.5, 0.6) is 5.88 Å². The summed E-state index contributed by atoms with van der Waals surface area (Å²) in [5.74, 6) is -1.18. The van der Waals surface area contributed by atoms with Gasteiger partial charge < -0.3 is 13.8 Å². The van der Waals surface area contributed by atoms with Crippen molar-refractivity contribution in [3.63, 3.8) is 0 Å². The monoisotopic (exact) mass is 482 g/mol. The smallest absolute Gasteiger partial charge is 0.431 e. The summed E-state index contributed by atoms with van der Waals surface area (Å²) in [5, 5.41) is 3.60. The van der Waals surface area contributed by atoms with Crippen LogP contribution >= 0.6 is 0 Å². The number of fused-ring (bicyclic) bond motifs is 1. The number of alkyl halides is 3. The van der Waals surface area contributed by atoms with Crippen LogP contribution in [0, 0.1) is 13.8 Å². The Balaban J connectivity index is 1.84. The van der Waals surface area contributed by atoms with Crippen LogP contribution in [0.4, 0.5) is 19.0 Å². The second-order valence-corrected chi connectivity index (χ2v) is 8.71. The number of nitrogens with zero attached hydrogens (tertiary/aromatic N) is 5. The molecule has 3 aromatic heterocycles. The lowest BCUT2D eigenvalue weighted by Crippen LogP contribution is -2.29. The van der Waals surface area contributed by atoms with E-state index < -0.39 is 34.0 Å². The first-order valence-corrected chi connectivity index (χ1v) is 10.9. The third-order valence-corrected chi connectivity index (χ3v) is 6.24. The summed E-state index contributed by atoms with van der Waals surface area (Å²) in [4.78, 5) is 11.7. The van der Waals surface area contributed by atoms with Crippen molar-refractivity contribution in [1.82, 2.24) is 24.7 Å². The van der Waals surface area contributed by atoms with Gasteiger partial charge in [0.25, 0.3) is 15.9 Å². The Kier molecular flexibility index (Phi) is 5.47. The Morgan fingerprint density at radius 3 is 2.36 bits per heavy atom. The van der Waals surface area contributed by atoms with Crippen molar-refractivity contribution >= 4 is 26.9 Å². The largest absolute Gasteiger partial charge is 0.455 e. The second kappa shape index (κ2) is 8.03. The number of para-hydroxylation sites is 2. The van der Waals surface area contributed by atoms with Crippen LogP contribution < -0.4 is 9.46 Å². The summed E-state index contributed by atoms with van der Waals surface area (Å²) in [6, 6.07) is 6.27. The van der Waals surface area contributed by atoms with Gasteiger partial charge in [-0.05, 0) is 26.0 Å². The van der Waals surface area contributed by atoms with Crippen LogP contribution in [-0.4, -0.2) is 39.3 Å². The first kappa shape index (κ1) is 22.5. The molecule has 0 fully saturated rings. The Morgan fingerprint density at radius 2 is 1.82 bits per heavy atom. The summed E-state index contributed by atoms with van der Waals surface area (Å²) in [5.41, 5.74) is 0.209. The van der Waals surface area contributed by atoms with Gasteiger partial charge in [-0.3, -0.25) is 4.72 Å². The normalized spacial score (nSPS) is 13.3. The molecule has 3 heterocycles. The molecule has 1 atom stereocenters. The molecule has 0 aliphatic heterocycles. The number of sulfonamides is 1. The highest BCUT2D eigenvalue weighted by Crippen LogP contribution is 2.38. The minimum atomic E-state index is -4.86. The first-order chi connectivity index (χ1) is 15.5. The molecule has 0 saturated carbocycles. The van der Waals surface area contributed by atoms with Gasteiger partial charge >= 0.3 is 6.18 Å². The number of hydrogen-bond donors (Lipinski definition) is 1. The standard InChI is InChI=1S/C19H17F3N6O4S/c1-10-15(11(2)32-26-10)33(29,30)27-17-18(25-13-7-5-4-6-12(13)24-17)31-16(19(20,21)22)14-8-23-9-28(14)3/h4-9,16H,1-3H3,(H,24,27). The van der Waals surface area contributed by atoms with E-state index in [2.05, 4.69) is 24.8 Å². The fourth-order valence-corrected chi connectivity index (χ4v) is 4.53. The zero-order chi connectivity index (χ0) is 24.0. The molecule has 174 valence electrons. The highest BCUT2D eigenvalue weighted by Gasteiger charge is 2.45. The fraction of sp³-hybridized carbons (Fsp3) is 0.263. The van der Waals surface area contributed by atoms with Gasteiger partial charge in [-0.2, -0.15) is 13.2 Å². The summed E-state index contributed by atoms with van der Waals surface area (Å²) >= 11 is 0. The zero-order valence-electron chi connectivity index (χ0n) is 17.5. The number of rotatable bonds is 6. The number of aryl methyl sites for hydroxylation is 3. The molecule has 0 saturated heterocycles. The molecule has 10 nitrogen and oxygen atoms in total. The topological polar surface area (TPSA) is 125 Å². The molecule has 0 spiro atoms. The fourth-order valence-electron chi connectivity index (χ4n) is 3.20. The third-order valence-electron chi connectivity index (χ3n) is 4.66. The molecular weight excluding hydrogens is 465 g/mol. The van der Waals surface area contributed by atoms with Crippen LogP contribution in [0.1, 0.15) is 23.3 Å². The average Bonchev–Trinajstić information content (AvgIpc) is 3.29. The maximum absolute atomic E-state index is 13.9. The average molecular weight is 482 g/mol. The second-order valence-electron chi connectivity index (χ2n) is 7.09. The molecule has 0 bridgehead atoms. The maximum Gasteiger partial charge on any atom is 0.431 e. The van der Waals surface area contributed by atoms with Gasteiger partial charge in [0, 0.05) is 7.05 Å². The lowest BCUT2D eigenvalue weighted by Gasteiger charge is -2.22. The first-order valence-electron chi connectivity index (χ1n) is 9.39. The van der Waals surface area contributed by atoms with Crippen molar-refractivity contribution in [2.75, 3.05) is 4.72 Å². The Bertz CT molecular complexity index is 1410. The number of halogens is 3. The lowest BCUT2D eigenvalue weighted by molar-refractivity contribution is -0.200. The van der Waals surface area contributed by atoms with Gasteiger partial charge in [-0.25, -0.2) is 23.4 Å². The van der Waals surface area contributed by atoms with E-state index in [1.54, 1.807) is 12.1 Å². The van der Waals surface area contributed by atoms with Crippen molar-refractivity contribution in [3.05, 3.63) is 53.9 Å². The summed E-state index contributed by atoms with van der Waals surface area (Å²) in [6.07, 6.45) is -5.16. The van der Waals surface area contributed by atoms with E-state index >= 15 is 0 Å².